The van der Waals surface area contributed by atoms with Crippen LogP contribution in [0.2, 0.25) is 0 Å². The molecule has 0 aliphatic carbocycles. The first-order valence-corrected chi connectivity index (χ1v) is 5.99. The van der Waals surface area contributed by atoms with Gasteiger partial charge in [-0.25, -0.2) is 0 Å². The number of nitrogens with one attached hydrogen (secondary N) is 1. The van der Waals surface area contributed by atoms with Crippen LogP contribution in [0.1, 0.15) is 31.4 Å². The molecule has 0 radical (unpaired) electrons. The van der Waals surface area contributed by atoms with E-state index in [1.165, 1.54) is 24.0 Å². The van der Waals surface area contributed by atoms with Gasteiger partial charge in [0.2, 0.25) is 0 Å². The van der Waals surface area contributed by atoms with E-state index in [1.807, 2.05) is 0 Å². The number of rotatable bonds is 6. The van der Waals surface area contributed by atoms with Crippen LogP contribution in [0.5, 0.6) is 0 Å². The SMILES string of the molecule is CCNCCC(C)Cc1ccccc1C. The van der Waals surface area contributed by atoms with Crippen molar-refractivity contribution in [1.82, 2.24) is 5.32 Å². The molecular formula is C14H23N. The maximum absolute atomic E-state index is 3.38. The molecule has 0 heterocycles. The molecule has 0 fully saturated rings. The Bertz CT molecular complexity index is 280. The van der Waals surface area contributed by atoms with Gasteiger partial charge in [0.15, 0.2) is 0 Å². The third-order valence-corrected chi connectivity index (χ3v) is 2.89. The highest BCUT2D eigenvalue weighted by Crippen LogP contribution is 2.14. The number of aryl methyl sites for hydroxylation is 1. The molecule has 0 aliphatic rings. The molecule has 1 nitrogen and oxygen atoms in total. The van der Waals surface area contributed by atoms with Crippen LogP contribution in [0.15, 0.2) is 24.3 Å². The summed E-state index contributed by atoms with van der Waals surface area (Å²) < 4.78 is 0. The molecule has 0 aromatic heterocycles. The Morgan fingerprint density at radius 3 is 2.67 bits per heavy atom. The predicted octanol–water partition coefficient (Wildman–Crippen LogP) is 3.17. The Labute approximate surface area is 93.9 Å². The van der Waals surface area contributed by atoms with Crippen LogP contribution in [-0.2, 0) is 6.42 Å². The maximum atomic E-state index is 3.38. The van der Waals surface area contributed by atoms with Crippen LogP contribution < -0.4 is 5.32 Å². The third-order valence-electron chi connectivity index (χ3n) is 2.89. The van der Waals surface area contributed by atoms with Crippen molar-refractivity contribution in [3.8, 4) is 0 Å². The van der Waals surface area contributed by atoms with Gasteiger partial charge in [0.05, 0.1) is 0 Å². The van der Waals surface area contributed by atoms with Crippen molar-refractivity contribution in [3.63, 3.8) is 0 Å². The van der Waals surface area contributed by atoms with Gasteiger partial charge in [0, 0.05) is 0 Å². The van der Waals surface area contributed by atoms with Crippen LogP contribution >= 0.6 is 0 Å². The molecule has 1 aromatic carbocycles. The molecule has 0 aliphatic heterocycles. The van der Waals surface area contributed by atoms with Crippen molar-refractivity contribution in [1.29, 1.82) is 0 Å². The minimum Gasteiger partial charge on any atom is -0.317 e. The van der Waals surface area contributed by atoms with Gasteiger partial charge in [-0.2, -0.15) is 0 Å². The van der Waals surface area contributed by atoms with E-state index in [1.54, 1.807) is 0 Å². The van der Waals surface area contributed by atoms with Crippen molar-refractivity contribution >= 4 is 0 Å². The zero-order chi connectivity index (χ0) is 11.1. The van der Waals surface area contributed by atoms with Gasteiger partial charge in [0.1, 0.15) is 0 Å². The molecule has 1 aromatic rings. The van der Waals surface area contributed by atoms with E-state index in [4.69, 9.17) is 0 Å². The highest BCUT2D eigenvalue weighted by molar-refractivity contribution is 5.25. The molecule has 0 spiro atoms. The Balaban J connectivity index is 2.37. The first-order chi connectivity index (χ1) is 7.24. The summed E-state index contributed by atoms with van der Waals surface area (Å²) in [6.07, 6.45) is 2.47. The molecule has 1 rings (SSSR count). The molecule has 0 amide bonds. The molecular weight excluding hydrogens is 182 g/mol. The maximum Gasteiger partial charge on any atom is -0.00464 e. The Morgan fingerprint density at radius 1 is 1.27 bits per heavy atom. The molecule has 1 N–H and O–H groups in total. The molecule has 1 heteroatoms. The number of benzene rings is 1. The van der Waals surface area contributed by atoms with E-state index >= 15 is 0 Å². The molecule has 15 heavy (non-hydrogen) atoms. The van der Waals surface area contributed by atoms with E-state index in [0.717, 1.165) is 19.0 Å². The monoisotopic (exact) mass is 205 g/mol. The van der Waals surface area contributed by atoms with Gasteiger partial charge in [-0.05, 0) is 49.9 Å². The topological polar surface area (TPSA) is 12.0 Å². The van der Waals surface area contributed by atoms with E-state index in [2.05, 4.69) is 50.4 Å². The summed E-state index contributed by atoms with van der Waals surface area (Å²) in [5.74, 6) is 0.769. The number of hydrogen-bond acceptors (Lipinski definition) is 1. The normalized spacial score (nSPS) is 12.7. The predicted molar refractivity (Wildman–Crippen MR) is 67.2 cm³/mol. The quantitative estimate of drug-likeness (QED) is 0.703. The molecule has 1 atom stereocenters. The Hall–Kier alpha value is -0.820. The summed E-state index contributed by atoms with van der Waals surface area (Å²) in [5, 5.41) is 3.38. The first kappa shape index (κ1) is 12.3. The van der Waals surface area contributed by atoms with Crippen molar-refractivity contribution in [2.75, 3.05) is 13.1 Å². The summed E-state index contributed by atoms with van der Waals surface area (Å²) in [7, 11) is 0. The van der Waals surface area contributed by atoms with Crippen LogP contribution in [0, 0.1) is 12.8 Å². The van der Waals surface area contributed by atoms with Gasteiger partial charge in [-0.3, -0.25) is 0 Å². The lowest BCUT2D eigenvalue weighted by molar-refractivity contribution is 0.503. The van der Waals surface area contributed by atoms with E-state index in [0.29, 0.717) is 0 Å². The fourth-order valence-corrected chi connectivity index (χ4v) is 1.84. The fraction of sp³-hybridized carbons (Fsp3) is 0.571. The largest absolute Gasteiger partial charge is 0.317 e. The average Bonchev–Trinajstić information content (AvgIpc) is 2.22. The summed E-state index contributed by atoms with van der Waals surface area (Å²) in [6, 6.07) is 8.70. The first-order valence-electron chi connectivity index (χ1n) is 5.99. The summed E-state index contributed by atoms with van der Waals surface area (Å²) >= 11 is 0. The van der Waals surface area contributed by atoms with Crippen molar-refractivity contribution in [2.24, 2.45) is 5.92 Å². The minimum atomic E-state index is 0.769. The minimum absolute atomic E-state index is 0.769. The second kappa shape index (κ2) is 6.62. The molecule has 0 saturated heterocycles. The van der Waals surface area contributed by atoms with Crippen LogP contribution in [0.4, 0.5) is 0 Å². The molecule has 0 bridgehead atoms. The Morgan fingerprint density at radius 2 is 2.00 bits per heavy atom. The van der Waals surface area contributed by atoms with Gasteiger partial charge < -0.3 is 5.32 Å². The lowest BCUT2D eigenvalue weighted by Crippen LogP contribution is -2.17. The second-order valence-electron chi connectivity index (χ2n) is 4.38. The van der Waals surface area contributed by atoms with Crippen molar-refractivity contribution < 1.29 is 0 Å². The fourth-order valence-electron chi connectivity index (χ4n) is 1.84. The van der Waals surface area contributed by atoms with Gasteiger partial charge in [-0.1, -0.05) is 38.1 Å². The van der Waals surface area contributed by atoms with Gasteiger partial charge in [0.25, 0.3) is 0 Å². The van der Waals surface area contributed by atoms with Crippen LogP contribution in [0.25, 0.3) is 0 Å². The second-order valence-corrected chi connectivity index (χ2v) is 4.38. The third kappa shape index (κ3) is 4.48. The molecule has 0 saturated carbocycles. The van der Waals surface area contributed by atoms with Crippen molar-refractivity contribution in [2.45, 2.75) is 33.6 Å². The van der Waals surface area contributed by atoms with Gasteiger partial charge in [-0.15, -0.1) is 0 Å². The van der Waals surface area contributed by atoms with Crippen molar-refractivity contribution in [3.05, 3.63) is 35.4 Å². The zero-order valence-corrected chi connectivity index (χ0v) is 10.2. The van der Waals surface area contributed by atoms with E-state index < -0.39 is 0 Å². The number of hydrogen-bond donors (Lipinski definition) is 1. The van der Waals surface area contributed by atoms with E-state index in [-0.39, 0.29) is 0 Å². The van der Waals surface area contributed by atoms with Gasteiger partial charge >= 0.3 is 0 Å². The molecule has 84 valence electrons. The molecule has 1 unspecified atom stereocenters. The summed E-state index contributed by atoms with van der Waals surface area (Å²) in [6.45, 7) is 8.92. The van der Waals surface area contributed by atoms with Crippen LogP contribution in [0.3, 0.4) is 0 Å². The average molecular weight is 205 g/mol. The zero-order valence-electron chi connectivity index (χ0n) is 10.2. The lowest BCUT2D eigenvalue weighted by Gasteiger charge is -2.13. The smallest absolute Gasteiger partial charge is 0.00464 e. The standard InChI is InChI=1S/C14H23N/c1-4-15-10-9-12(2)11-14-8-6-5-7-13(14)3/h5-8,12,15H,4,9-11H2,1-3H3. The summed E-state index contributed by atoms with van der Waals surface area (Å²) in [4.78, 5) is 0. The Kier molecular flexibility index (Phi) is 5.41. The summed E-state index contributed by atoms with van der Waals surface area (Å²) in [5.41, 5.74) is 2.93. The highest BCUT2D eigenvalue weighted by Gasteiger charge is 2.04. The van der Waals surface area contributed by atoms with Crippen LogP contribution in [-0.4, -0.2) is 13.1 Å². The van der Waals surface area contributed by atoms with E-state index in [9.17, 15) is 0 Å². The highest BCUT2D eigenvalue weighted by atomic mass is 14.8. The lowest BCUT2D eigenvalue weighted by atomic mass is 9.95.